The van der Waals surface area contributed by atoms with Crippen LogP contribution in [-0.4, -0.2) is 46.3 Å². The molecular formula is C27H26N4O4. The fraction of sp³-hybridized carbons (Fsp3) is 0.259. The Morgan fingerprint density at radius 1 is 1.00 bits per heavy atom. The summed E-state index contributed by atoms with van der Waals surface area (Å²) < 4.78 is 1.85. The number of aromatic nitrogens is 1. The zero-order chi connectivity index (χ0) is 24.7. The van der Waals surface area contributed by atoms with Crippen LogP contribution in [0.3, 0.4) is 0 Å². The predicted molar refractivity (Wildman–Crippen MR) is 133 cm³/mol. The Balaban J connectivity index is 1.54. The fourth-order valence-electron chi connectivity index (χ4n) is 4.74. The van der Waals surface area contributed by atoms with Crippen LogP contribution in [0.5, 0.6) is 0 Å². The zero-order valence-electron chi connectivity index (χ0n) is 19.7. The van der Waals surface area contributed by atoms with E-state index in [1.165, 1.54) is 6.08 Å². The fourth-order valence-corrected chi connectivity index (χ4v) is 4.74. The van der Waals surface area contributed by atoms with Crippen LogP contribution in [0.25, 0.3) is 17.0 Å². The van der Waals surface area contributed by atoms with Gasteiger partial charge in [0.2, 0.25) is 5.91 Å². The third-order valence-electron chi connectivity index (χ3n) is 6.80. The number of para-hydroxylation sites is 1. The highest BCUT2D eigenvalue weighted by atomic mass is 16.2. The number of fused-ring (bicyclic) bond motifs is 1. The number of amides is 5. The third-order valence-corrected chi connectivity index (χ3v) is 6.80. The van der Waals surface area contributed by atoms with Crippen molar-refractivity contribution in [3.8, 4) is 0 Å². The maximum atomic E-state index is 13.4. The van der Waals surface area contributed by atoms with E-state index in [1.54, 1.807) is 18.3 Å². The van der Waals surface area contributed by atoms with Crippen LogP contribution >= 0.6 is 0 Å². The van der Waals surface area contributed by atoms with Gasteiger partial charge in [-0.25, -0.2) is 9.69 Å². The highest BCUT2D eigenvalue weighted by molar-refractivity contribution is 6.39. The summed E-state index contributed by atoms with van der Waals surface area (Å²) in [6, 6.07) is 12.1. The van der Waals surface area contributed by atoms with E-state index in [0.717, 1.165) is 52.9 Å². The van der Waals surface area contributed by atoms with Gasteiger partial charge in [0.25, 0.3) is 11.8 Å². The SMILES string of the molecule is Cc1cccc(N2C(=O)NC(=O)/C(=C\c3cn(CC(=O)N4CCCC4)c4ccccc34)C2=O)c1C. The Morgan fingerprint density at radius 3 is 2.51 bits per heavy atom. The molecule has 0 saturated carbocycles. The maximum absolute atomic E-state index is 13.4. The summed E-state index contributed by atoms with van der Waals surface area (Å²) >= 11 is 0. The quantitative estimate of drug-likeness (QED) is 0.466. The molecule has 0 radical (unpaired) electrons. The van der Waals surface area contributed by atoms with Crippen LogP contribution in [0.2, 0.25) is 0 Å². The smallest absolute Gasteiger partial charge is 0.335 e. The molecule has 2 fully saturated rings. The number of anilines is 1. The summed E-state index contributed by atoms with van der Waals surface area (Å²) in [5.74, 6) is -1.38. The summed E-state index contributed by atoms with van der Waals surface area (Å²) in [6.45, 7) is 5.44. The van der Waals surface area contributed by atoms with E-state index in [-0.39, 0.29) is 18.0 Å². The molecule has 0 atom stereocenters. The number of rotatable bonds is 4. The number of benzene rings is 2. The van der Waals surface area contributed by atoms with E-state index < -0.39 is 17.8 Å². The van der Waals surface area contributed by atoms with Gasteiger partial charge in [-0.05, 0) is 56.0 Å². The molecule has 8 nitrogen and oxygen atoms in total. The number of hydrogen-bond acceptors (Lipinski definition) is 4. The minimum atomic E-state index is -0.774. The Bertz CT molecular complexity index is 1410. The Hall–Kier alpha value is -4.20. The van der Waals surface area contributed by atoms with Crippen molar-refractivity contribution in [1.29, 1.82) is 0 Å². The van der Waals surface area contributed by atoms with Gasteiger partial charge in [0, 0.05) is 35.8 Å². The number of urea groups is 1. The zero-order valence-corrected chi connectivity index (χ0v) is 19.7. The number of aryl methyl sites for hydroxylation is 1. The topological polar surface area (TPSA) is 91.7 Å². The number of likely N-dealkylation sites (tertiary alicyclic amines) is 1. The first-order valence-corrected chi connectivity index (χ1v) is 11.7. The Kier molecular flexibility index (Phi) is 5.72. The van der Waals surface area contributed by atoms with Crippen molar-refractivity contribution < 1.29 is 19.2 Å². The number of hydrogen-bond donors (Lipinski definition) is 1. The van der Waals surface area contributed by atoms with Crippen LogP contribution in [0.1, 0.15) is 29.5 Å². The van der Waals surface area contributed by atoms with Gasteiger partial charge in [-0.2, -0.15) is 0 Å². The number of imide groups is 2. The first kappa shape index (κ1) is 22.6. The molecule has 0 aliphatic carbocycles. The third kappa shape index (κ3) is 4.01. The maximum Gasteiger partial charge on any atom is 0.335 e. The predicted octanol–water partition coefficient (Wildman–Crippen LogP) is 3.55. The standard InChI is InChI=1S/C27H26N4O4/c1-17-8-7-11-22(18(17)2)31-26(34)21(25(33)28-27(31)35)14-19-15-30(23-10-4-3-9-20(19)23)16-24(32)29-12-5-6-13-29/h3-4,7-11,14-15H,5-6,12-13,16H2,1-2H3,(H,28,33,35)/b21-14+. The highest BCUT2D eigenvalue weighted by Crippen LogP contribution is 2.29. The van der Waals surface area contributed by atoms with Gasteiger partial charge in [0.15, 0.2) is 0 Å². The lowest BCUT2D eigenvalue weighted by Crippen LogP contribution is -2.54. The first-order chi connectivity index (χ1) is 16.8. The van der Waals surface area contributed by atoms with Crippen LogP contribution in [0.4, 0.5) is 10.5 Å². The molecule has 0 bridgehead atoms. The average Bonchev–Trinajstić information content (AvgIpc) is 3.48. The molecule has 3 heterocycles. The second kappa shape index (κ2) is 8.87. The molecule has 2 saturated heterocycles. The molecule has 1 N–H and O–H groups in total. The largest absolute Gasteiger partial charge is 0.341 e. The molecule has 2 aromatic carbocycles. The summed E-state index contributed by atoms with van der Waals surface area (Å²) in [6.07, 6.45) is 5.32. The first-order valence-electron chi connectivity index (χ1n) is 11.7. The van der Waals surface area contributed by atoms with Crippen LogP contribution in [-0.2, 0) is 20.9 Å². The lowest BCUT2D eigenvalue weighted by Gasteiger charge is -2.28. The number of carbonyl (C=O) groups excluding carboxylic acids is 4. The van der Waals surface area contributed by atoms with E-state index in [1.807, 2.05) is 53.6 Å². The molecule has 5 rings (SSSR count). The summed E-state index contributed by atoms with van der Waals surface area (Å²) in [5.41, 5.74) is 3.46. The Morgan fingerprint density at radius 2 is 1.74 bits per heavy atom. The van der Waals surface area contributed by atoms with Gasteiger partial charge < -0.3 is 9.47 Å². The van der Waals surface area contributed by atoms with E-state index in [4.69, 9.17) is 0 Å². The number of barbiturate groups is 1. The summed E-state index contributed by atoms with van der Waals surface area (Å²) in [7, 11) is 0. The molecule has 35 heavy (non-hydrogen) atoms. The van der Waals surface area contributed by atoms with E-state index in [2.05, 4.69) is 5.32 Å². The summed E-state index contributed by atoms with van der Waals surface area (Å²) in [5, 5.41) is 3.10. The highest BCUT2D eigenvalue weighted by Gasteiger charge is 2.37. The molecule has 1 aromatic heterocycles. The number of carbonyl (C=O) groups is 4. The summed E-state index contributed by atoms with van der Waals surface area (Å²) in [4.78, 5) is 54.4. The molecule has 2 aliphatic rings. The molecule has 5 amide bonds. The number of nitrogens with zero attached hydrogens (tertiary/aromatic N) is 3. The molecule has 3 aromatic rings. The van der Waals surface area contributed by atoms with Gasteiger partial charge in [-0.1, -0.05) is 30.3 Å². The van der Waals surface area contributed by atoms with Gasteiger partial charge in [0.1, 0.15) is 12.1 Å². The van der Waals surface area contributed by atoms with Crippen LogP contribution in [0.15, 0.2) is 54.2 Å². The van der Waals surface area contributed by atoms with Crippen molar-refractivity contribution in [2.45, 2.75) is 33.2 Å². The van der Waals surface area contributed by atoms with Gasteiger partial charge in [0.05, 0.1) is 5.69 Å². The van der Waals surface area contributed by atoms with Crippen molar-refractivity contribution in [2.24, 2.45) is 0 Å². The van der Waals surface area contributed by atoms with Gasteiger partial charge in [-0.15, -0.1) is 0 Å². The molecule has 8 heteroatoms. The second-order valence-electron chi connectivity index (χ2n) is 8.99. The van der Waals surface area contributed by atoms with E-state index >= 15 is 0 Å². The second-order valence-corrected chi connectivity index (χ2v) is 8.99. The van der Waals surface area contributed by atoms with Crippen LogP contribution < -0.4 is 10.2 Å². The van der Waals surface area contributed by atoms with Gasteiger partial charge in [-0.3, -0.25) is 19.7 Å². The molecule has 178 valence electrons. The average molecular weight is 471 g/mol. The minimum Gasteiger partial charge on any atom is -0.341 e. The van der Waals surface area contributed by atoms with Crippen molar-refractivity contribution in [3.05, 3.63) is 70.9 Å². The normalized spacial score (nSPS) is 17.5. The minimum absolute atomic E-state index is 0.0423. The van der Waals surface area contributed by atoms with Crippen molar-refractivity contribution in [1.82, 2.24) is 14.8 Å². The van der Waals surface area contributed by atoms with E-state index in [0.29, 0.717) is 11.3 Å². The monoisotopic (exact) mass is 470 g/mol. The van der Waals surface area contributed by atoms with E-state index in [9.17, 15) is 19.2 Å². The Labute approximate surface area is 202 Å². The molecule has 0 unspecified atom stereocenters. The number of nitrogens with one attached hydrogen (secondary N) is 1. The molecule has 0 spiro atoms. The van der Waals surface area contributed by atoms with Crippen LogP contribution in [0, 0.1) is 13.8 Å². The molecule has 2 aliphatic heterocycles. The lowest BCUT2D eigenvalue weighted by molar-refractivity contribution is -0.130. The van der Waals surface area contributed by atoms with Crippen molar-refractivity contribution in [2.75, 3.05) is 18.0 Å². The van der Waals surface area contributed by atoms with Crippen molar-refractivity contribution in [3.63, 3.8) is 0 Å². The molecular weight excluding hydrogens is 444 g/mol. The van der Waals surface area contributed by atoms with Crippen molar-refractivity contribution >= 4 is 46.4 Å². The van der Waals surface area contributed by atoms with Gasteiger partial charge >= 0.3 is 6.03 Å². The lowest BCUT2D eigenvalue weighted by atomic mass is 10.0.